The number of fused-ring (bicyclic) bond motifs is 1. The summed E-state index contributed by atoms with van der Waals surface area (Å²) in [7, 11) is 0. The second kappa shape index (κ2) is 6.25. The zero-order valence-electron chi connectivity index (χ0n) is 15.7. The van der Waals surface area contributed by atoms with Gasteiger partial charge in [-0.3, -0.25) is 4.79 Å². The van der Waals surface area contributed by atoms with E-state index in [1.54, 1.807) is 0 Å². The van der Waals surface area contributed by atoms with Crippen molar-refractivity contribution >= 4 is 5.78 Å². The average Bonchev–Trinajstić information content (AvgIpc) is 2.61. The number of hydrogen-bond donors (Lipinski definition) is 0. The predicted octanol–water partition coefficient (Wildman–Crippen LogP) is 6.48. The van der Waals surface area contributed by atoms with E-state index in [0.717, 1.165) is 23.1 Å². The first-order chi connectivity index (χ1) is 12.4. The van der Waals surface area contributed by atoms with E-state index >= 15 is 0 Å². The van der Waals surface area contributed by atoms with Crippen LogP contribution in [-0.2, 0) is 6.42 Å². The van der Waals surface area contributed by atoms with Crippen LogP contribution in [0.2, 0.25) is 0 Å². The summed E-state index contributed by atoms with van der Waals surface area (Å²) in [6.45, 7) is 6.47. The van der Waals surface area contributed by atoms with Crippen molar-refractivity contribution in [3.8, 4) is 22.3 Å². The highest BCUT2D eigenvalue weighted by Crippen LogP contribution is 2.41. The molecule has 0 saturated carbocycles. The molecule has 0 heterocycles. The van der Waals surface area contributed by atoms with Crippen LogP contribution in [-0.4, -0.2) is 5.78 Å². The number of Topliss-reactive ketones (excluding diaryl/α,β-unsaturated/α-hetero) is 1. The van der Waals surface area contributed by atoms with Gasteiger partial charge in [0.2, 0.25) is 0 Å². The molecule has 1 aliphatic carbocycles. The van der Waals surface area contributed by atoms with Crippen molar-refractivity contribution in [3.05, 3.63) is 83.4 Å². The Hall–Kier alpha value is -2.67. The Morgan fingerprint density at radius 3 is 2.15 bits per heavy atom. The summed E-state index contributed by atoms with van der Waals surface area (Å²) in [5.74, 6) is 0.270. The number of ketones is 1. The molecule has 0 radical (unpaired) electrons. The van der Waals surface area contributed by atoms with Crippen LogP contribution in [0.5, 0.6) is 0 Å². The van der Waals surface area contributed by atoms with Crippen LogP contribution in [0.3, 0.4) is 0 Å². The summed E-state index contributed by atoms with van der Waals surface area (Å²) in [6, 6.07) is 23.4. The molecule has 0 aliphatic heterocycles. The van der Waals surface area contributed by atoms with Gasteiger partial charge in [-0.05, 0) is 52.6 Å². The van der Waals surface area contributed by atoms with Crippen LogP contribution in [0.15, 0.2) is 66.7 Å². The highest BCUT2D eigenvalue weighted by Gasteiger charge is 2.33. The van der Waals surface area contributed by atoms with E-state index in [4.69, 9.17) is 0 Å². The summed E-state index contributed by atoms with van der Waals surface area (Å²) >= 11 is 0. The molecule has 26 heavy (non-hydrogen) atoms. The van der Waals surface area contributed by atoms with E-state index in [-0.39, 0.29) is 11.2 Å². The van der Waals surface area contributed by atoms with E-state index in [1.807, 2.05) is 6.07 Å². The van der Waals surface area contributed by atoms with Gasteiger partial charge >= 0.3 is 0 Å². The Morgan fingerprint density at radius 1 is 0.769 bits per heavy atom. The third-order valence-electron chi connectivity index (χ3n) is 5.28. The van der Waals surface area contributed by atoms with Gasteiger partial charge in [0.05, 0.1) is 0 Å². The van der Waals surface area contributed by atoms with E-state index in [9.17, 15) is 4.79 Å². The number of hydrogen-bond acceptors (Lipinski definition) is 1. The molecule has 0 unspecified atom stereocenters. The molecule has 3 aromatic carbocycles. The smallest absolute Gasteiger partial charge is 0.164 e. The van der Waals surface area contributed by atoms with Crippen molar-refractivity contribution in [1.82, 2.24) is 0 Å². The minimum atomic E-state index is 0.0178. The van der Waals surface area contributed by atoms with Gasteiger partial charge in [0, 0.05) is 12.0 Å². The number of rotatable bonds is 2. The van der Waals surface area contributed by atoms with Crippen molar-refractivity contribution in [3.63, 3.8) is 0 Å². The third-order valence-corrected chi connectivity index (χ3v) is 5.28. The molecule has 130 valence electrons. The van der Waals surface area contributed by atoms with Crippen LogP contribution in [0, 0.1) is 12.3 Å². The van der Waals surface area contributed by atoms with Crippen LogP contribution >= 0.6 is 0 Å². The lowest BCUT2D eigenvalue weighted by atomic mass is 9.71. The molecule has 0 spiro atoms. The fraction of sp³-hybridized carbons (Fsp3) is 0.240. The second-order valence-electron chi connectivity index (χ2n) is 8.23. The van der Waals surface area contributed by atoms with Gasteiger partial charge in [0.15, 0.2) is 5.78 Å². The average molecular weight is 340 g/mol. The topological polar surface area (TPSA) is 17.1 Å². The standard InChI is InChI=1S/C25H24O/c1-17-9-11-19(12-10-17)22-14-20(18-7-5-4-6-8-18)13-21-15-25(2,3)16-23(26)24(21)22/h4-14H,15-16H2,1-3H3. The van der Waals surface area contributed by atoms with E-state index in [1.165, 1.54) is 22.3 Å². The molecule has 3 aromatic rings. The predicted molar refractivity (Wildman–Crippen MR) is 108 cm³/mol. The summed E-state index contributed by atoms with van der Waals surface area (Å²) in [5, 5.41) is 0. The van der Waals surface area contributed by atoms with Gasteiger partial charge in [-0.1, -0.05) is 80.1 Å². The molecule has 1 nitrogen and oxygen atoms in total. The molecule has 0 fully saturated rings. The van der Waals surface area contributed by atoms with Crippen molar-refractivity contribution in [2.45, 2.75) is 33.6 Å². The quantitative estimate of drug-likeness (QED) is 0.521. The number of carbonyl (C=O) groups excluding carboxylic acids is 1. The summed E-state index contributed by atoms with van der Waals surface area (Å²) in [5.41, 5.74) is 7.93. The highest BCUT2D eigenvalue weighted by molar-refractivity contribution is 6.06. The Balaban J connectivity index is 1.97. The Labute approximate surface area is 155 Å². The van der Waals surface area contributed by atoms with Crippen molar-refractivity contribution in [1.29, 1.82) is 0 Å². The van der Waals surface area contributed by atoms with Gasteiger partial charge in [0.1, 0.15) is 0 Å². The number of benzene rings is 3. The number of aryl methyl sites for hydroxylation is 1. The summed E-state index contributed by atoms with van der Waals surface area (Å²) in [6.07, 6.45) is 1.55. The molecule has 0 N–H and O–H groups in total. The number of carbonyl (C=O) groups is 1. The van der Waals surface area contributed by atoms with Gasteiger partial charge < -0.3 is 0 Å². The van der Waals surface area contributed by atoms with Crippen LogP contribution in [0.25, 0.3) is 22.3 Å². The maximum absolute atomic E-state index is 13.0. The Kier molecular flexibility index (Phi) is 4.03. The fourth-order valence-electron chi connectivity index (χ4n) is 4.03. The van der Waals surface area contributed by atoms with Crippen LogP contribution in [0.1, 0.15) is 41.8 Å². The second-order valence-corrected chi connectivity index (χ2v) is 8.23. The lowest BCUT2D eigenvalue weighted by Gasteiger charge is -2.32. The molecule has 0 aromatic heterocycles. The van der Waals surface area contributed by atoms with Crippen molar-refractivity contribution in [2.24, 2.45) is 5.41 Å². The third kappa shape index (κ3) is 3.10. The molecule has 1 aliphatic rings. The maximum Gasteiger partial charge on any atom is 0.164 e. The van der Waals surface area contributed by atoms with Gasteiger partial charge in [-0.15, -0.1) is 0 Å². The zero-order chi connectivity index (χ0) is 18.3. The molecular formula is C25H24O. The lowest BCUT2D eigenvalue weighted by molar-refractivity contribution is 0.0913. The lowest BCUT2D eigenvalue weighted by Crippen LogP contribution is -2.27. The van der Waals surface area contributed by atoms with E-state index < -0.39 is 0 Å². The highest BCUT2D eigenvalue weighted by atomic mass is 16.1. The fourth-order valence-corrected chi connectivity index (χ4v) is 4.03. The normalized spacial score (nSPS) is 15.6. The Bertz CT molecular complexity index is 963. The molecule has 0 atom stereocenters. The molecule has 0 amide bonds. The first-order valence-electron chi connectivity index (χ1n) is 9.26. The zero-order valence-corrected chi connectivity index (χ0v) is 15.7. The molecule has 0 saturated heterocycles. The first-order valence-corrected chi connectivity index (χ1v) is 9.26. The SMILES string of the molecule is Cc1ccc(-c2cc(-c3ccccc3)cc3c2C(=O)CC(C)(C)C3)cc1. The molecule has 4 rings (SSSR count). The molecular weight excluding hydrogens is 316 g/mol. The first kappa shape index (κ1) is 16.8. The van der Waals surface area contributed by atoms with E-state index in [2.05, 4.69) is 81.4 Å². The van der Waals surface area contributed by atoms with Crippen molar-refractivity contribution in [2.75, 3.05) is 0 Å². The van der Waals surface area contributed by atoms with Gasteiger partial charge in [-0.2, -0.15) is 0 Å². The Morgan fingerprint density at radius 2 is 1.46 bits per heavy atom. The summed E-state index contributed by atoms with van der Waals surface area (Å²) < 4.78 is 0. The molecule has 0 bridgehead atoms. The maximum atomic E-state index is 13.0. The van der Waals surface area contributed by atoms with Gasteiger partial charge in [-0.25, -0.2) is 0 Å². The van der Waals surface area contributed by atoms with Crippen LogP contribution < -0.4 is 0 Å². The molecule has 1 heteroatoms. The minimum absolute atomic E-state index is 0.0178. The van der Waals surface area contributed by atoms with Crippen LogP contribution in [0.4, 0.5) is 0 Å². The largest absolute Gasteiger partial charge is 0.294 e. The minimum Gasteiger partial charge on any atom is -0.294 e. The van der Waals surface area contributed by atoms with Crippen molar-refractivity contribution < 1.29 is 4.79 Å². The van der Waals surface area contributed by atoms with Gasteiger partial charge in [0.25, 0.3) is 0 Å². The summed E-state index contributed by atoms with van der Waals surface area (Å²) in [4.78, 5) is 13.0. The monoisotopic (exact) mass is 340 g/mol. The van der Waals surface area contributed by atoms with E-state index in [0.29, 0.717) is 6.42 Å².